The Labute approximate surface area is 142 Å². The van der Waals surface area contributed by atoms with E-state index >= 15 is 0 Å². The number of aryl methyl sites for hydroxylation is 1. The van der Waals surface area contributed by atoms with Crippen LogP contribution in [0.1, 0.15) is 71.0 Å². The van der Waals surface area contributed by atoms with Crippen LogP contribution in [0.5, 0.6) is 0 Å². The van der Waals surface area contributed by atoms with Crippen LogP contribution in [-0.4, -0.2) is 34.5 Å². The zero-order chi connectivity index (χ0) is 17.2. The Bertz CT molecular complexity index is 569. The zero-order valence-corrected chi connectivity index (χ0v) is 14.8. The smallest absolute Gasteiger partial charge is 0.408 e. The van der Waals surface area contributed by atoms with Gasteiger partial charge in [0.05, 0.1) is 6.10 Å². The van der Waals surface area contributed by atoms with E-state index in [0.29, 0.717) is 24.2 Å². The van der Waals surface area contributed by atoms with E-state index in [-0.39, 0.29) is 0 Å². The number of ether oxygens (including phenoxy) is 2. The summed E-state index contributed by atoms with van der Waals surface area (Å²) >= 11 is 0. The van der Waals surface area contributed by atoms with E-state index in [1.165, 1.54) is 0 Å². The Morgan fingerprint density at radius 2 is 2.17 bits per heavy atom. The van der Waals surface area contributed by atoms with Gasteiger partial charge in [-0.15, -0.1) is 0 Å². The molecule has 1 aliphatic carbocycles. The summed E-state index contributed by atoms with van der Waals surface area (Å²) in [7, 11) is 0. The summed E-state index contributed by atoms with van der Waals surface area (Å²) in [6.07, 6.45) is 6.33. The molecule has 2 fully saturated rings. The molecule has 0 radical (unpaired) electrons. The number of nitrogens with one attached hydrogen (secondary N) is 1. The van der Waals surface area contributed by atoms with Crippen molar-refractivity contribution in [1.29, 1.82) is 0 Å². The molecular weight excluding hydrogens is 310 g/mol. The third kappa shape index (κ3) is 4.06. The zero-order valence-electron chi connectivity index (χ0n) is 14.8. The molecule has 1 aromatic rings. The van der Waals surface area contributed by atoms with Gasteiger partial charge in [-0.3, -0.25) is 0 Å². The topological polar surface area (TPSA) is 86.5 Å². The van der Waals surface area contributed by atoms with Crippen molar-refractivity contribution in [2.24, 2.45) is 0 Å². The molecule has 1 atom stereocenters. The molecule has 0 unspecified atom stereocenters. The molecule has 0 aromatic carbocycles. The van der Waals surface area contributed by atoms with Crippen LogP contribution in [0.2, 0.25) is 0 Å². The molecule has 7 heteroatoms. The summed E-state index contributed by atoms with van der Waals surface area (Å²) in [5, 5.41) is 7.05. The highest BCUT2D eigenvalue weighted by molar-refractivity contribution is 5.69. The molecular formula is C17H27N3O4. The lowest BCUT2D eigenvalue weighted by Gasteiger charge is -2.39. The van der Waals surface area contributed by atoms with Crippen molar-refractivity contribution in [2.45, 2.75) is 83.0 Å². The minimum Gasteiger partial charge on any atom is -0.444 e. The van der Waals surface area contributed by atoms with Crippen LogP contribution in [0.25, 0.3) is 0 Å². The second kappa shape index (κ2) is 6.70. The van der Waals surface area contributed by atoms with Gasteiger partial charge in [0.15, 0.2) is 5.82 Å². The van der Waals surface area contributed by atoms with Crippen LogP contribution < -0.4 is 5.32 Å². The molecule has 1 N–H and O–H groups in total. The standard InChI is InChI=1S/C17H27N3O4/c1-16(2,3)23-15(21)19-17(9-5-10-17)14-18-13(24-20-14)8-7-12-6-4-11-22-12/h12H,4-11H2,1-3H3,(H,19,21)/t12-/m0/s1. The SMILES string of the molecule is CC(C)(C)OC(=O)NC1(c2noc(CC[C@@H]3CCCO3)n2)CCC1. The van der Waals surface area contributed by atoms with Crippen molar-refractivity contribution in [2.75, 3.05) is 6.61 Å². The molecule has 2 heterocycles. The summed E-state index contributed by atoms with van der Waals surface area (Å²) in [6, 6.07) is 0. The first kappa shape index (κ1) is 17.2. The third-order valence-corrected chi connectivity index (χ3v) is 4.55. The first-order valence-electron chi connectivity index (χ1n) is 8.82. The van der Waals surface area contributed by atoms with Crippen LogP contribution in [0.4, 0.5) is 4.79 Å². The molecule has 1 aromatic heterocycles. The van der Waals surface area contributed by atoms with Crippen LogP contribution in [-0.2, 0) is 21.4 Å². The average Bonchev–Trinajstić information content (AvgIpc) is 3.10. The van der Waals surface area contributed by atoms with Gasteiger partial charge in [-0.2, -0.15) is 4.98 Å². The van der Waals surface area contributed by atoms with Gasteiger partial charge in [0.1, 0.15) is 11.1 Å². The number of nitrogens with zero attached hydrogens (tertiary/aromatic N) is 2. The monoisotopic (exact) mass is 337 g/mol. The minimum atomic E-state index is -0.548. The Kier molecular flexibility index (Phi) is 4.80. The number of carbonyl (C=O) groups is 1. The highest BCUT2D eigenvalue weighted by Gasteiger charge is 2.45. The fourth-order valence-electron chi connectivity index (χ4n) is 3.14. The molecule has 134 valence electrons. The first-order chi connectivity index (χ1) is 11.4. The minimum absolute atomic E-state index is 0.304. The molecule has 24 heavy (non-hydrogen) atoms. The van der Waals surface area contributed by atoms with Crippen molar-refractivity contribution >= 4 is 6.09 Å². The lowest BCUT2D eigenvalue weighted by atomic mass is 9.76. The fourth-order valence-corrected chi connectivity index (χ4v) is 3.14. The number of hydrogen-bond acceptors (Lipinski definition) is 6. The molecule has 3 rings (SSSR count). The van der Waals surface area contributed by atoms with Gasteiger partial charge in [0.2, 0.25) is 5.89 Å². The Morgan fingerprint density at radius 1 is 1.38 bits per heavy atom. The quantitative estimate of drug-likeness (QED) is 0.888. The average molecular weight is 337 g/mol. The second-order valence-electron chi connectivity index (χ2n) is 7.75. The number of amides is 1. The molecule has 1 aliphatic heterocycles. The van der Waals surface area contributed by atoms with Crippen molar-refractivity contribution in [3.05, 3.63) is 11.7 Å². The van der Waals surface area contributed by atoms with Gasteiger partial charge in [0.25, 0.3) is 0 Å². The third-order valence-electron chi connectivity index (χ3n) is 4.55. The van der Waals surface area contributed by atoms with Gasteiger partial charge < -0.3 is 19.3 Å². The number of aromatic nitrogens is 2. The largest absolute Gasteiger partial charge is 0.444 e. The van der Waals surface area contributed by atoms with E-state index < -0.39 is 17.2 Å². The van der Waals surface area contributed by atoms with Gasteiger partial charge in [-0.05, 0) is 59.3 Å². The number of alkyl carbamates (subject to hydrolysis) is 1. The maximum absolute atomic E-state index is 12.1. The molecule has 0 spiro atoms. The summed E-state index contributed by atoms with van der Waals surface area (Å²) in [6.45, 7) is 6.38. The van der Waals surface area contributed by atoms with Crippen molar-refractivity contribution in [1.82, 2.24) is 15.5 Å². The molecule has 1 saturated heterocycles. The maximum Gasteiger partial charge on any atom is 0.408 e. The van der Waals surface area contributed by atoms with E-state index in [4.69, 9.17) is 14.0 Å². The Morgan fingerprint density at radius 3 is 2.75 bits per heavy atom. The van der Waals surface area contributed by atoms with Gasteiger partial charge in [0, 0.05) is 13.0 Å². The Balaban J connectivity index is 1.59. The van der Waals surface area contributed by atoms with Crippen molar-refractivity contribution < 1.29 is 18.8 Å². The van der Waals surface area contributed by atoms with Crippen molar-refractivity contribution in [3.63, 3.8) is 0 Å². The normalized spacial score (nSPS) is 22.9. The highest BCUT2D eigenvalue weighted by atomic mass is 16.6. The molecule has 7 nitrogen and oxygen atoms in total. The van der Waals surface area contributed by atoms with Crippen LogP contribution in [0, 0.1) is 0 Å². The number of hydrogen-bond donors (Lipinski definition) is 1. The molecule has 2 aliphatic rings. The summed E-state index contributed by atoms with van der Waals surface area (Å²) < 4.78 is 16.4. The maximum atomic E-state index is 12.1. The molecule has 1 amide bonds. The highest BCUT2D eigenvalue weighted by Crippen LogP contribution is 2.40. The second-order valence-corrected chi connectivity index (χ2v) is 7.75. The van der Waals surface area contributed by atoms with Gasteiger partial charge in [-0.25, -0.2) is 4.79 Å². The Hall–Kier alpha value is -1.63. The summed E-state index contributed by atoms with van der Waals surface area (Å²) in [5.74, 6) is 1.17. The molecule has 0 bridgehead atoms. The fraction of sp³-hybridized carbons (Fsp3) is 0.824. The molecule has 1 saturated carbocycles. The summed E-state index contributed by atoms with van der Waals surface area (Å²) in [5.41, 5.74) is -1.08. The van der Waals surface area contributed by atoms with E-state index in [9.17, 15) is 4.79 Å². The van der Waals surface area contributed by atoms with Gasteiger partial charge in [-0.1, -0.05) is 5.16 Å². The first-order valence-corrected chi connectivity index (χ1v) is 8.82. The summed E-state index contributed by atoms with van der Waals surface area (Å²) in [4.78, 5) is 16.6. The predicted octanol–water partition coefficient (Wildman–Crippen LogP) is 3.09. The van der Waals surface area contributed by atoms with Gasteiger partial charge >= 0.3 is 6.09 Å². The lowest BCUT2D eigenvalue weighted by Crippen LogP contribution is -2.52. The van der Waals surface area contributed by atoms with Crippen LogP contribution in [0.3, 0.4) is 0 Å². The van der Waals surface area contributed by atoms with Crippen molar-refractivity contribution in [3.8, 4) is 0 Å². The predicted molar refractivity (Wildman–Crippen MR) is 86.5 cm³/mol. The van der Waals surface area contributed by atoms with E-state index in [1.54, 1.807) is 0 Å². The van der Waals surface area contributed by atoms with Crippen LogP contribution in [0.15, 0.2) is 4.52 Å². The van der Waals surface area contributed by atoms with E-state index in [1.807, 2.05) is 20.8 Å². The number of rotatable bonds is 5. The van der Waals surface area contributed by atoms with E-state index in [0.717, 1.165) is 45.1 Å². The lowest BCUT2D eigenvalue weighted by molar-refractivity contribution is 0.0362. The van der Waals surface area contributed by atoms with E-state index in [2.05, 4.69) is 15.5 Å². The number of carbonyl (C=O) groups excluding carboxylic acids is 1. The van der Waals surface area contributed by atoms with Crippen LogP contribution >= 0.6 is 0 Å².